The molecule has 1 atom stereocenters. The molecule has 3 aliphatic rings. The quantitative estimate of drug-likeness (QED) is 0.460. The molecule has 2 N–H and O–H groups in total. The topological polar surface area (TPSA) is 80.8 Å². The van der Waals surface area contributed by atoms with Crippen molar-refractivity contribution in [2.24, 2.45) is 10.4 Å². The second-order valence-corrected chi connectivity index (χ2v) is 9.52. The van der Waals surface area contributed by atoms with Gasteiger partial charge in [0.1, 0.15) is 18.0 Å². The monoisotopic (exact) mass is 508 g/mol. The average Bonchev–Trinajstić information content (AvgIpc) is 3.34. The third-order valence-corrected chi connectivity index (χ3v) is 7.06. The van der Waals surface area contributed by atoms with Gasteiger partial charge in [-0.1, -0.05) is 0 Å². The lowest BCUT2D eigenvalue weighted by molar-refractivity contribution is -0.160. The Labute approximate surface area is 201 Å². The molecule has 1 unspecified atom stereocenters. The third kappa shape index (κ3) is 3.74. The molecular weight excluding hydrogens is 487 g/mol. The van der Waals surface area contributed by atoms with E-state index in [-0.39, 0.29) is 52.3 Å². The number of aromatic nitrogens is 2. The molecule has 0 radical (unpaired) electrons. The van der Waals surface area contributed by atoms with Gasteiger partial charge in [0.25, 0.3) is 6.02 Å². The van der Waals surface area contributed by atoms with E-state index >= 15 is 0 Å². The van der Waals surface area contributed by atoms with Crippen molar-refractivity contribution >= 4 is 22.7 Å². The highest BCUT2D eigenvalue weighted by Gasteiger charge is 2.65. The number of ether oxygens (including phenoxy) is 3. The zero-order valence-corrected chi connectivity index (χ0v) is 18.8. The van der Waals surface area contributed by atoms with Gasteiger partial charge in [0.2, 0.25) is 0 Å². The van der Waals surface area contributed by atoms with E-state index in [0.29, 0.717) is 26.4 Å². The predicted molar refractivity (Wildman–Crippen MR) is 119 cm³/mol. The van der Waals surface area contributed by atoms with Gasteiger partial charge in [0.15, 0.2) is 17.4 Å². The number of H-pyrrole nitrogens is 1. The summed E-state index contributed by atoms with van der Waals surface area (Å²) in [5.41, 5.74) is -2.07. The summed E-state index contributed by atoms with van der Waals surface area (Å²) in [7, 11) is 0. The molecular formula is C24H21F5N4O3. The van der Waals surface area contributed by atoms with Gasteiger partial charge in [-0.15, -0.1) is 0 Å². The van der Waals surface area contributed by atoms with E-state index in [1.807, 2.05) is 0 Å². The molecule has 190 valence electrons. The number of hydrogen-bond acceptors (Lipinski definition) is 6. The summed E-state index contributed by atoms with van der Waals surface area (Å²) in [6, 6.07) is 3.42. The van der Waals surface area contributed by atoms with E-state index in [1.54, 1.807) is 0 Å². The van der Waals surface area contributed by atoms with Crippen LogP contribution in [0.15, 0.2) is 35.6 Å². The Morgan fingerprint density at radius 1 is 1.08 bits per heavy atom. The number of nitrogens with zero attached hydrogens (tertiary/aromatic N) is 2. The van der Waals surface area contributed by atoms with Gasteiger partial charge < -0.3 is 24.5 Å². The van der Waals surface area contributed by atoms with Crippen LogP contribution in [0, 0.1) is 17.0 Å². The minimum Gasteiger partial charge on any atom is -0.464 e. The molecule has 0 bridgehead atoms. The number of aliphatic imine (C=N–C) groups is 1. The number of anilines is 1. The second kappa shape index (κ2) is 8.05. The molecule has 2 aromatic heterocycles. The van der Waals surface area contributed by atoms with Crippen LogP contribution in [0.1, 0.15) is 24.8 Å². The lowest BCUT2D eigenvalue weighted by atomic mass is 9.88. The molecule has 1 spiro atoms. The normalized spacial score (nSPS) is 23.0. The minimum absolute atomic E-state index is 0.0445. The standard InChI is InChI=1S/C24H21F5N4O3/c25-15-7-13(33-21-32-10-22(12-35-21)4-6-34-11-22)8-16(26)19(15)36-17-1-5-30-20-18(17)14(9-31-20)23(2-3-23)24(27,28)29/h1,5,7-9H,2-4,6,10-12H2,(H,30,31)(H,32,33). The second-order valence-electron chi connectivity index (χ2n) is 9.52. The molecule has 0 amide bonds. The van der Waals surface area contributed by atoms with Crippen LogP contribution in [-0.4, -0.2) is 48.5 Å². The fourth-order valence-corrected chi connectivity index (χ4v) is 4.80. The maximum atomic E-state index is 14.9. The van der Waals surface area contributed by atoms with E-state index in [0.717, 1.165) is 18.6 Å². The third-order valence-electron chi connectivity index (χ3n) is 7.06. The van der Waals surface area contributed by atoms with Crippen molar-refractivity contribution in [1.82, 2.24) is 9.97 Å². The Morgan fingerprint density at radius 2 is 1.86 bits per heavy atom. The van der Waals surface area contributed by atoms with Gasteiger partial charge in [-0.2, -0.15) is 13.2 Å². The summed E-state index contributed by atoms with van der Waals surface area (Å²) in [6.45, 7) is 2.04. The molecule has 1 aliphatic carbocycles. The zero-order valence-electron chi connectivity index (χ0n) is 18.8. The summed E-state index contributed by atoms with van der Waals surface area (Å²) in [4.78, 5) is 11.1. The van der Waals surface area contributed by atoms with Crippen LogP contribution in [0.4, 0.5) is 27.6 Å². The van der Waals surface area contributed by atoms with Crippen molar-refractivity contribution in [3.05, 3.63) is 47.8 Å². The first-order valence-corrected chi connectivity index (χ1v) is 11.4. The number of aromatic amines is 1. The van der Waals surface area contributed by atoms with Gasteiger partial charge >= 0.3 is 6.18 Å². The van der Waals surface area contributed by atoms with Crippen molar-refractivity contribution < 1.29 is 36.2 Å². The van der Waals surface area contributed by atoms with Gasteiger partial charge in [-0.3, -0.25) is 0 Å². The number of alkyl halides is 3. The highest BCUT2D eigenvalue weighted by molar-refractivity contribution is 5.90. The SMILES string of the molecule is Fc1cc(NC2=NCC3(CCOC3)CO2)cc(F)c1Oc1ccnc2[nH]cc(C3(C(F)(F)F)CC3)c12. The largest absolute Gasteiger partial charge is 0.464 e. The Balaban J connectivity index is 1.27. The number of rotatable bonds is 4. The number of benzene rings is 1. The first-order chi connectivity index (χ1) is 17.2. The highest BCUT2D eigenvalue weighted by atomic mass is 19.4. The minimum atomic E-state index is -4.48. The lowest BCUT2D eigenvalue weighted by Crippen LogP contribution is -2.38. The Hall–Kier alpha value is -3.41. The van der Waals surface area contributed by atoms with Crippen LogP contribution in [0.5, 0.6) is 11.5 Å². The summed E-state index contributed by atoms with van der Waals surface area (Å²) in [6.07, 6.45) is -1.29. The molecule has 7 nitrogen and oxygen atoms in total. The number of amidine groups is 1. The van der Waals surface area contributed by atoms with E-state index in [4.69, 9.17) is 14.2 Å². The first-order valence-electron chi connectivity index (χ1n) is 11.4. The van der Waals surface area contributed by atoms with Crippen LogP contribution in [0.25, 0.3) is 11.0 Å². The van der Waals surface area contributed by atoms with Gasteiger partial charge in [0, 0.05) is 42.2 Å². The number of nitrogens with one attached hydrogen (secondary N) is 2. The van der Waals surface area contributed by atoms with Crippen LogP contribution in [-0.2, 0) is 14.9 Å². The summed E-state index contributed by atoms with van der Waals surface area (Å²) >= 11 is 0. The Bertz CT molecular complexity index is 1340. The fourth-order valence-electron chi connectivity index (χ4n) is 4.80. The summed E-state index contributed by atoms with van der Waals surface area (Å²) < 4.78 is 87.7. The molecule has 6 rings (SSSR count). The smallest absolute Gasteiger partial charge is 0.398 e. The zero-order chi connectivity index (χ0) is 25.1. The number of fused-ring (bicyclic) bond motifs is 1. The van der Waals surface area contributed by atoms with Gasteiger partial charge in [-0.05, 0) is 30.9 Å². The van der Waals surface area contributed by atoms with Crippen LogP contribution < -0.4 is 10.1 Å². The van der Waals surface area contributed by atoms with Crippen LogP contribution in [0.2, 0.25) is 0 Å². The highest BCUT2D eigenvalue weighted by Crippen LogP contribution is 2.61. The first kappa shape index (κ1) is 23.0. The van der Waals surface area contributed by atoms with Gasteiger partial charge in [0.05, 0.1) is 24.0 Å². The Kier molecular flexibility index (Phi) is 5.15. The number of hydrogen-bond donors (Lipinski definition) is 2. The van der Waals surface area contributed by atoms with Crippen molar-refractivity contribution in [2.75, 3.05) is 31.7 Å². The lowest BCUT2D eigenvalue weighted by Gasteiger charge is -2.30. The molecule has 2 aliphatic heterocycles. The number of halogens is 5. The number of pyridine rings is 1. The predicted octanol–water partition coefficient (Wildman–Crippen LogP) is 5.43. The van der Waals surface area contributed by atoms with Crippen molar-refractivity contribution in [3.8, 4) is 11.5 Å². The molecule has 1 saturated heterocycles. The molecule has 1 saturated carbocycles. The van der Waals surface area contributed by atoms with Gasteiger partial charge in [-0.25, -0.2) is 18.8 Å². The van der Waals surface area contributed by atoms with Crippen molar-refractivity contribution in [1.29, 1.82) is 0 Å². The van der Waals surface area contributed by atoms with Crippen molar-refractivity contribution in [2.45, 2.75) is 30.9 Å². The summed E-state index contributed by atoms with van der Waals surface area (Å²) in [5.74, 6) is -2.97. The maximum Gasteiger partial charge on any atom is 0.398 e. The Morgan fingerprint density at radius 3 is 2.47 bits per heavy atom. The summed E-state index contributed by atoms with van der Waals surface area (Å²) in [5, 5.41) is 2.80. The van der Waals surface area contributed by atoms with E-state index < -0.39 is 29.0 Å². The van der Waals surface area contributed by atoms with E-state index in [2.05, 4.69) is 20.3 Å². The van der Waals surface area contributed by atoms with Crippen molar-refractivity contribution in [3.63, 3.8) is 0 Å². The van der Waals surface area contributed by atoms with E-state index in [1.165, 1.54) is 18.5 Å². The molecule has 12 heteroatoms. The maximum absolute atomic E-state index is 14.9. The van der Waals surface area contributed by atoms with Crippen LogP contribution in [0.3, 0.4) is 0 Å². The fraction of sp³-hybridized carbons (Fsp3) is 0.417. The average molecular weight is 508 g/mol. The molecule has 3 aromatic rings. The van der Waals surface area contributed by atoms with E-state index in [9.17, 15) is 22.0 Å². The molecule has 1 aromatic carbocycles. The molecule has 36 heavy (non-hydrogen) atoms. The molecule has 4 heterocycles. The van der Waals surface area contributed by atoms with Crippen LogP contribution >= 0.6 is 0 Å². The molecule has 2 fully saturated rings.